The highest BCUT2D eigenvalue weighted by Gasteiger charge is 2.29. The highest BCUT2D eigenvalue weighted by molar-refractivity contribution is 5.76. The maximum Gasteiger partial charge on any atom is 0.222 e. The summed E-state index contributed by atoms with van der Waals surface area (Å²) < 4.78 is 2.43. The lowest BCUT2D eigenvalue weighted by molar-refractivity contribution is -0.130. The third-order valence-corrected chi connectivity index (χ3v) is 6.63. The first-order chi connectivity index (χ1) is 12.2. The van der Waals surface area contributed by atoms with Crippen molar-refractivity contribution in [2.45, 2.75) is 77.7 Å². The number of aromatic nitrogens is 2. The molecule has 1 aromatic rings. The lowest BCUT2D eigenvalue weighted by atomic mass is 10.0. The summed E-state index contributed by atoms with van der Waals surface area (Å²) in [5.74, 6) is 3.93. The van der Waals surface area contributed by atoms with Gasteiger partial charge in [-0.3, -0.25) is 4.79 Å². The van der Waals surface area contributed by atoms with Gasteiger partial charge in [0.2, 0.25) is 5.91 Å². The summed E-state index contributed by atoms with van der Waals surface area (Å²) >= 11 is 0. The van der Waals surface area contributed by atoms with E-state index in [1.54, 1.807) is 0 Å². The van der Waals surface area contributed by atoms with Crippen molar-refractivity contribution in [1.82, 2.24) is 14.5 Å². The van der Waals surface area contributed by atoms with Crippen molar-refractivity contribution in [3.8, 4) is 0 Å². The van der Waals surface area contributed by atoms with E-state index in [2.05, 4.69) is 21.4 Å². The van der Waals surface area contributed by atoms with Crippen LogP contribution in [0, 0.1) is 24.7 Å². The van der Waals surface area contributed by atoms with Gasteiger partial charge in [-0.25, -0.2) is 4.98 Å². The number of nitrogens with zero attached hydrogens (tertiary/aromatic N) is 3. The van der Waals surface area contributed by atoms with Crippen LogP contribution < -0.4 is 0 Å². The maximum absolute atomic E-state index is 12.5. The molecule has 0 radical (unpaired) electrons. The van der Waals surface area contributed by atoms with Gasteiger partial charge in [0.1, 0.15) is 5.82 Å². The van der Waals surface area contributed by atoms with Crippen molar-refractivity contribution in [2.24, 2.45) is 17.8 Å². The number of imidazole rings is 1. The van der Waals surface area contributed by atoms with Crippen LogP contribution in [0.4, 0.5) is 0 Å². The van der Waals surface area contributed by atoms with Crippen molar-refractivity contribution < 1.29 is 4.79 Å². The molecular formula is C21H33N3O. The Bertz CT molecular complexity index is 598. The molecule has 2 aliphatic carbocycles. The Morgan fingerprint density at radius 2 is 1.92 bits per heavy atom. The first-order valence-corrected chi connectivity index (χ1v) is 10.5. The van der Waals surface area contributed by atoms with Crippen LogP contribution >= 0.6 is 0 Å². The quantitative estimate of drug-likeness (QED) is 0.751. The van der Waals surface area contributed by atoms with Crippen molar-refractivity contribution in [3.05, 3.63) is 17.7 Å². The molecule has 0 aromatic carbocycles. The minimum Gasteiger partial charge on any atom is -0.342 e. The summed E-state index contributed by atoms with van der Waals surface area (Å²) in [5, 5.41) is 0. The SMILES string of the molecule is Cc1cnc(CC2CCN(C(=O)CCC3CCCC3)C2)n1CC1CC1. The molecule has 0 bridgehead atoms. The molecule has 1 unspecified atom stereocenters. The number of carbonyl (C=O) groups excluding carboxylic acids is 1. The van der Waals surface area contributed by atoms with E-state index < -0.39 is 0 Å². The number of aryl methyl sites for hydroxylation is 1. The molecule has 3 fully saturated rings. The molecule has 1 aliphatic heterocycles. The third kappa shape index (κ3) is 4.27. The van der Waals surface area contributed by atoms with E-state index in [9.17, 15) is 4.79 Å². The smallest absolute Gasteiger partial charge is 0.222 e. The van der Waals surface area contributed by atoms with Crippen LogP contribution in [0.15, 0.2) is 6.20 Å². The molecule has 138 valence electrons. The Morgan fingerprint density at radius 3 is 2.68 bits per heavy atom. The summed E-state index contributed by atoms with van der Waals surface area (Å²) in [6.07, 6.45) is 14.3. The van der Waals surface area contributed by atoms with Gasteiger partial charge < -0.3 is 9.47 Å². The molecule has 1 amide bonds. The zero-order chi connectivity index (χ0) is 17.2. The van der Waals surface area contributed by atoms with Crippen molar-refractivity contribution in [1.29, 1.82) is 0 Å². The number of hydrogen-bond acceptors (Lipinski definition) is 2. The van der Waals surface area contributed by atoms with E-state index in [1.165, 1.54) is 50.0 Å². The van der Waals surface area contributed by atoms with Gasteiger partial charge in [0.05, 0.1) is 0 Å². The van der Waals surface area contributed by atoms with Crippen LogP contribution in [0.5, 0.6) is 0 Å². The van der Waals surface area contributed by atoms with Crippen LogP contribution in [0.3, 0.4) is 0 Å². The first-order valence-electron chi connectivity index (χ1n) is 10.5. The fraction of sp³-hybridized carbons (Fsp3) is 0.810. The van der Waals surface area contributed by atoms with Gasteiger partial charge in [0.25, 0.3) is 0 Å². The molecule has 3 aliphatic rings. The van der Waals surface area contributed by atoms with Gasteiger partial charge in [0, 0.05) is 44.4 Å². The van der Waals surface area contributed by atoms with E-state index in [1.807, 2.05) is 6.20 Å². The Morgan fingerprint density at radius 1 is 1.12 bits per heavy atom. The van der Waals surface area contributed by atoms with E-state index in [0.29, 0.717) is 11.8 Å². The van der Waals surface area contributed by atoms with Crippen molar-refractivity contribution in [2.75, 3.05) is 13.1 Å². The van der Waals surface area contributed by atoms with Crippen LogP contribution in [0.1, 0.15) is 69.3 Å². The summed E-state index contributed by atoms with van der Waals surface area (Å²) in [6, 6.07) is 0. The maximum atomic E-state index is 12.5. The normalized spacial score (nSPS) is 24.4. The number of hydrogen-bond donors (Lipinski definition) is 0. The van der Waals surface area contributed by atoms with Gasteiger partial charge in [0.15, 0.2) is 0 Å². The van der Waals surface area contributed by atoms with Crippen molar-refractivity contribution >= 4 is 5.91 Å². The molecule has 0 spiro atoms. The highest BCUT2D eigenvalue weighted by atomic mass is 16.2. The number of carbonyl (C=O) groups is 1. The summed E-state index contributed by atoms with van der Waals surface area (Å²) in [6.45, 7) is 5.22. The Hall–Kier alpha value is -1.32. The fourth-order valence-electron chi connectivity index (χ4n) is 4.75. The second-order valence-electron chi connectivity index (χ2n) is 8.76. The van der Waals surface area contributed by atoms with Crippen LogP contribution in [0.25, 0.3) is 0 Å². The van der Waals surface area contributed by atoms with Crippen molar-refractivity contribution in [3.63, 3.8) is 0 Å². The summed E-state index contributed by atoms with van der Waals surface area (Å²) in [5.41, 5.74) is 1.30. The Balaban J connectivity index is 1.26. The van der Waals surface area contributed by atoms with Gasteiger partial charge >= 0.3 is 0 Å². The minimum absolute atomic E-state index is 0.395. The molecule has 2 saturated carbocycles. The number of likely N-dealkylation sites (tertiary alicyclic amines) is 1. The first kappa shape index (κ1) is 17.1. The molecule has 2 heterocycles. The number of rotatable bonds is 7. The Labute approximate surface area is 152 Å². The molecule has 0 N–H and O–H groups in total. The molecule has 4 rings (SSSR count). The van der Waals surface area contributed by atoms with Crippen LogP contribution in [-0.2, 0) is 17.8 Å². The predicted octanol–water partition coefficient (Wildman–Crippen LogP) is 3.96. The average molecular weight is 344 g/mol. The third-order valence-electron chi connectivity index (χ3n) is 6.63. The molecule has 25 heavy (non-hydrogen) atoms. The van der Waals surface area contributed by atoms with E-state index in [-0.39, 0.29) is 0 Å². The standard InChI is InChI=1S/C21H33N3O/c1-16-13-22-20(24(16)15-18-6-7-18)12-19-10-11-23(14-19)21(25)9-8-17-4-2-3-5-17/h13,17-19H,2-12,14-15H2,1H3. The topological polar surface area (TPSA) is 38.1 Å². The summed E-state index contributed by atoms with van der Waals surface area (Å²) in [7, 11) is 0. The largest absolute Gasteiger partial charge is 0.342 e. The van der Waals surface area contributed by atoms with E-state index in [4.69, 9.17) is 0 Å². The monoisotopic (exact) mass is 343 g/mol. The van der Waals surface area contributed by atoms with Gasteiger partial charge in [-0.15, -0.1) is 0 Å². The lowest BCUT2D eigenvalue weighted by Crippen LogP contribution is -2.29. The molecule has 1 aromatic heterocycles. The van der Waals surface area contributed by atoms with Gasteiger partial charge in [-0.05, 0) is 50.4 Å². The minimum atomic E-state index is 0.395. The second kappa shape index (κ2) is 7.51. The second-order valence-corrected chi connectivity index (χ2v) is 8.76. The molecule has 1 atom stereocenters. The molecule has 1 saturated heterocycles. The molecular weight excluding hydrogens is 310 g/mol. The van der Waals surface area contributed by atoms with Crippen LogP contribution in [0.2, 0.25) is 0 Å². The molecule has 4 heteroatoms. The lowest BCUT2D eigenvalue weighted by Gasteiger charge is -2.18. The van der Waals surface area contributed by atoms with Gasteiger partial charge in [-0.1, -0.05) is 25.7 Å². The Kier molecular flexibility index (Phi) is 5.14. The fourth-order valence-corrected chi connectivity index (χ4v) is 4.75. The zero-order valence-electron chi connectivity index (χ0n) is 15.8. The van der Waals surface area contributed by atoms with Crippen LogP contribution in [-0.4, -0.2) is 33.4 Å². The van der Waals surface area contributed by atoms with E-state index in [0.717, 1.165) is 57.2 Å². The summed E-state index contributed by atoms with van der Waals surface area (Å²) in [4.78, 5) is 19.3. The van der Waals surface area contributed by atoms with E-state index >= 15 is 0 Å². The van der Waals surface area contributed by atoms with Gasteiger partial charge in [-0.2, -0.15) is 0 Å². The number of amides is 1. The zero-order valence-corrected chi connectivity index (χ0v) is 15.8. The predicted molar refractivity (Wildman–Crippen MR) is 99.3 cm³/mol. The average Bonchev–Trinajstić information content (AvgIpc) is 3.01. The highest BCUT2D eigenvalue weighted by Crippen LogP contribution is 2.32. The molecule has 4 nitrogen and oxygen atoms in total.